The van der Waals surface area contributed by atoms with E-state index < -0.39 is 11.9 Å². The average molecular weight is 241 g/mol. The van der Waals surface area contributed by atoms with Gasteiger partial charge in [-0.05, 0) is 27.1 Å². The van der Waals surface area contributed by atoms with Crippen molar-refractivity contribution in [2.24, 2.45) is 0 Å². The van der Waals surface area contributed by atoms with Crippen LogP contribution in [-0.4, -0.2) is 50.7 Å². The zero-order chi connectivity index (χ0) is 13.3. The summed E-state index contributed by atoms with van der Waals surface area (Å²) in [5.74, 6) is -0.920. The fraction of sp³-hybridized carbons (Fsp3) is 0.500. The van der Waals surface area contributed by atoms with Crippen molar-refractivity contribution in [2.45, 2.75) is 6.92 Å². The van der Waals surface area contributed by atoms with Gasteiger partial charge < -0.3 is 14.4 Å². The third kappa shape index (κ3) is 8.21. The number of ether oxygens (including phenoxy) is 2. The molecule has 0 bridgehead atoms. The van der Waals surface area contributed by atoms with Crippen LogP contribution in [0.15, 0.2) is 24.3 Å². The molecule has 0 saturated heterocycles. The van der Waals surface area contributed by atoms with E-state index >= 15 is 0 Å². The van der Waals surface area contributed by atoms with Gasteiger partial charge in [-0.25, -0.2) is 9.59 Å². The van der Waals surface area contributed by atoms with E-state index in [4.69, 9.17) is 9.47 Å². The summed E-state index contributed by atoms with van der Waals surface area (Å²) in [4.78, 5) is 24.0. The van der Waals surface area contributed by atoms with Crippen molar-refractivity contribution >= 4 is 11.9 Å². The quantitative estimate of drug-likeness (QED) is 0.486. The average Bonchev–Trinajstić information content (AvgIpc) is 2.27. The van der Waals surface area contributed by atoms with Crippen LogP contribution in [0.3, 0.4) is 0 Å². The molecular weight excluding hydrogens is 222 g/mol. The lowest BCUT2D eigenvalue weighted by atomic mass is 10.3. The summed E-state index contributed by atoms with van der Waals surface area (Å²) in [6, 6.07) is 0. The minimum absolute atomic E-state index is 0.0411. The highest BCUT2D eigenvalue weighted by molar-refractivity contribution is 5.87. The van der Waals surface area contributed by atoms with Gasteiger partial charge in [0.15, 0.2) is 0 Å². The highest BCUT2D eigenvalue weighted by Crippen LogP contribution is 1.97. The molecule has 0 amide bonds. The Hall–Kier alpha value is -1.62. The topological polar surface area (TPSA) is 55.8 Å². The zero-order valence-corrected chi connectivity index (χ0v) is 10.6. The molecule has 0 atom stereocenters. The first-order chi connectivity index (χ1) is 7.97. The molecule has 5 nitrogen and oxygen atoms in total. The van der Waals surface area contributed by atoms with Gasteiger partial charge >= 0.3 is 11.9 Å². The first-order valence-corrected chi connectivity index (χ1v) is 5.25. The molecule has 0 saturated carbocycles. The van der Waals surface area contributed by atoms with Crippen LogP contribution in [0.5, 0.6) is 0 Å². The van der Waals surface area contributed by atoms with Gasteiger partial charge in [-0.3, -0.25) is 0 Å². The van der Waals surface area contributed by atoms with Gasteiger partial charge in [0.1, 0.15) is 13.2 Å². The monoisotopic (exact) mass is 241 g/mol. The number of hydrogen-bond donors (Lipinski definition) is 0. The highest BCUT2D eigenvalue weighted by Gasteiger charge is 2.05. The molecule has 0 fully saturated rings. The predicted molar refractivity (Wildman–Crippen MR) is 64.4 cm³/mol. The Morgan fingerprint density at radius 3 is 2.47 bits per heavy atom. The Morgan fingerprint density at radius 1 is 1.29 bits per heavy atom. The Kier molecular flexibility index (Phi) is 7.71. The van der Waals surface area contributed by atoms with Crippen LogP contribution in [0.2, 0.25) is 0 Å². The van der Waals surface area contributed by atoms with E-state index in [1.165, 1.54) is 6.08 Å². The molecule has 5 heteroatoms. The second kappa shape index (κ2) is 8.52. The maximum atomic E-state index is 11.4. The van der Waals surface area contributed by atoms with Gasteiger partial charge in [-0.15, -0.1) is 0 Å². The van der Waals surface area contributed by atoms with Crippen LogP contribution >= 0.6 is 0 Å². The summed E-state index contributed by atoms with van der Waals surface area (Å²) in [6.45, 7) is 5.92. The lowest BCUT2D eigenvalue weighted by Gasteiger charge is -2.09. The summed E-state index contributed by atoms with van der Waals surface area (Å²) in [5, 5.41) is 0. The van der Waals surface area contributed by atoms with Crippen LogP contribution in [0, 0.1) is 0 Å². The Labute approximate surface area is 102 Å². The van der Waals surface area contributed by atoms with Crippen molar-refractivity contribution < 1.29 is 19.1 Å². The molecule has 96 valence electrons. The van der Waals surface area contributed by atoms with Crippen molar-refractivity contribution in [2.75, 3.05) is 33.9 Å². The molecule has 0 aromatic heterocycles. The van der Waals surface area contributed by atoms with Crippen molar-refractivity contribution in [3.8, 4) is 0 Å². The van der Waals surface area contributed by atoms with Crippen LogP contribution < -0.4 is 0 Å². The minimum atomic E-state index is -0.518. The number of hydrogen-bond acceptors (Lipinski definition) is 5. The number of likely N-dealkylation sites (N-methyl/N-ethyl adjacent to an activating group) is 1. The normalized spacial score (nSPS) is 11.2. The molecule has 0 aliphatic carbocycles. The largest absolute Gasteiger partial charge is 0.461 e. The highest BCUT2D eigenvalue weighted by atomic mass is 16.5. The fourth-order valence-electron chi connectivity index (χ4n) is 0.826. The fourth-order valence-corrected chi connectivity index (χ4v) is 0.826. The van der Waals surface area contributed by atoms with E-state index in [9.17, 15) is 9.59 Å². The van der Waals surface area contributed by atoms with E-state index in [0.29, 0.717) is 18.7 Å². The third-order valence-corrected chi connectivity index (χ3v) is 1.88. The second-order valence-electron chi connectivity index (χ2n) is 3.66. The molecule has 17 heavy (non-hydrogen) atoms. The third-order valence-electron chi connectivity index (χ3n) is 1.88. The number of esters is 2. The van der Waals surface area contributed by atoms with Crippen molar-refractivity contribution in [1.82, 2.24) is 4.90 Å². The zero-order valence-electron chi connectivity index (χ0n) is 10.6. The molecule has 0 aliphatic heterocycles. The Morgan fingerprint density at radius 2 is 1.94 bits per heavy atom. The molecule has 0 spiro atoms. The minimum Gasteiger partial charge on any atom is -0.461 e. The van der Waals surface area contributed by atoms with Gasteiger partial charge in [-0.2, -0.15) is 0 Å². The first-order valence-electron chi connectivity index (χ1n) is 5.25. The first kappa shape index (κ1) is 15.4. The molecule has 0 N–H and O–H groups in total. The van der Waals surface area contributed by atoms with Crippen molar-refractivity contribution in [3.05, 3.63) is 24.3 Å². The van der Waals surface area contributed by atoms with Gasteiger partial charge in [0, 0.05) is 18.2 Å². The summed E-state index contributed by atoms with van der Waals surface area (Å²) in [6.07, 6.45) is 2.57. The molecule has 0 rings (SSSR count). The smallest absolute Gasteiger partial charge is 0.333 e. The molecular formula is C12H19NO4. The Balaban J connectivity index is 3.90. The van der Waals surface area contributed by atoms with E-state index in [1.807, 2.05) is 19.0 Å². The molecule has 0 aliphatic rings. The van der Waals surface area contributed by atoms with E-state index in [2.05, 4.69) is 6.58 Å². The van der Waals surface area contributed by atoms with Crippen LogP contribution in [-0.2, 0) is 19.1 Å². The standard InChI is InChI=1S/C12H19NO4/c1-5-11(14)16-8-6-10(2)12(15)17-9-7-13(3)4/h5-6H,1,7-9H2,2-4H3. The van der Waals surface area contributed by atoms with Gasteiger partial charge in [0.25, 0.3) is 0 Å². The Bertz CT molecular complexity index is 308. The van der Waals surface area contributed by atoms with E-state index in [-0.39, 0.29) is 6.61 Å². The van der Waals surface area contributed by atoms with Crippen molar-refractivity contribution in [3.63, 3.8) is 0 Å². The summed E-state index contributed by atoms with van der Waals surface area (Å²) < 4.78 is 9.69. The van der Waals surface area contributed by atoms with Crippen LogP contribution in [0.1, 0.15) is 6.92 Å². The van der Waals surface area contributed by atoms with Gasteiger partial charge in [-0.1, -0.05) is 6.58 Å². The number of rotatable bonds is 7. The number of carbonyl (C=O) groups excluding carboxylic acids is 2. The van der Waals surface area contributed by atoms with Crippen LogP contribution in [0.4, 0.5) is 0 Å². The van der Waals surface area contributed by atoms with Crippen molar-refractivity contribution in [1.29, 1.82) is 0 Å². The number of nitrogens with zero attached hydrogens (tertiary/aromatic N) is 1. The molecule has 0 aromatic rings. The van der Waals surface area contributed by atoms with Gasteiger partial charge in [0.2, 0.25) is 0 Å². The second-order valence-corrected chi connectivity index (χ2v) is 3.66. The van der Waals surface area contributed by atoms with E-state index in [0.717, 1.165) is 6.08 Å². The summed E-state index contributed by atoms with van der Waals surface area (Å²) in [5.41, 5.74) is 0.417. The maximum absolute atomic E-state index is 11.4. The lowest BCUT2D eigenvalue weighted by Crippen LogP contribution is -2.20. The molecule has 0 heterocycles. The summed E-state index contributed by atoms with van der Waals surface area (Å²) in [7, 11) is 3.79. The molecule has 0 unspecified atom stereocenters. The number of carbonyl (C=O) groups is 2. The SMILES string of the molecule is C=CC(=O)OCC=C(C)C(=O)OCCN(C)C. The maximum Gasteiger partial charge on any atom is 0.333 e. The molecule has 0 radical (unpaired) electrons. The lowest BCUT2D eigenvalue weighted by molar-refractivity contribution is -0.140. The predicted octanol–water partition coefficient (Wildman–Crippen LogP) is 0.767. The molecule has 0 aromatic carbocycles. The summed E-state index contributed by atoms with van der Waals surface area (Å²) >= 11 is 0. The van der Waals surface area contributed by atoms with Crippen LogP contribution in [0.25, 0.3) is 0 Å². The van der Waals surface area contributed by atoms with E-state index in [1.54, 1.807) is 6.92 Å². The van der Waals surface area contributed by atoms with Gasteiger partial charge in [0.05, 0.1) is 0 Å².